The molecule has 1 aromatic heterocycles. The van der Waals surface area contributed by atoms with E-state index in [0.717, 1.165) is 18.9 Å². The van der Waals surface area contributed by atoms with E-state index in [2.05, 4.69) is 26.2 Å². The molecule has 0 saturated heterocycles. The number of nitrogens with one attached hydrogen (secondary N) is 1. The summed E-state index contributed by atoms with van der Waals surface area (Å²) in [5.74, 6) is 0.217. The number of aromatic nitrogens is 1. The third-order valence-electron chi connectivity index (χ3n) is 2.93. The maximum absolute atomic E-state index is 12.9. The zero-order valence-electron chi connectivity index (χ0n) is 9.47. The van der Waals surface area contributed by atoms with Crippen molar-refractivity contribution in [1.29, 1.82) is 0 Å². The molecule has 1 aromatic rings. The molecule has 1 atom stereocenters. The summed E-state index contributed by atoms with van der Waals surface area (Å²) in [7, 11) is 0. The van der Waals surface area contributed by atoms with Crippen molar-refractivity contribution < 1.29 is 13.2 Å². The Labute approximate surface area is 111 Å². The fourth-order valence-corrected chi connectivity index (χ4v) is 2.15. The van der Waals surface area contributed by atoms with Gasteiger partial charge in [0.1, 0.15) is 5.82 Å². The van der Waals surface area contributed by atoms with Gasteiger partial charge >= 0.3 is 6.18 Å². The molecule has 0 aromatic carbocycles. The monoisotopic (exact) mass is 323 g/mol. The highest BCUT2D eigenvalue weighted by molar-refractivity contribution is 9.10. The second-order valence-corrected chi connectivity index (χ2v) is 5.29. The topological polar surface area (TPSA) is 50.9 Å². The number of alkyl halides is 3. The predicted octanol–water partition coefficient (Wildman–Crippen LogP) is 3.01. The zero-order valence-corrected chi connectivity index (χ0v) is 11.1. The molecule has 0 aliphatic heterocycles. The number of nitrogens with two attached hydrogens (primary N) is 1. The number of hydrogen-bond donors (Lipinski definition) is 2. The van der Waals surface area contributed by atoms with Crippen LogP contribution in [0.25, 0.3) is 0 Å². The van der Waals surface area contributed by atoms with Gasteiger partial charge in [-0.25, -0.2) is 4.98 Å². The van der Waals surface area contributed by atoms with Gasteiger partial charge in [0.25, 0.3) is 0 Å². The van der Waals surface area contributed by atoms with Crippen LogP contribution < -0.4 is 11.1 Å². The van der Waals surface area contributed by atoms with Crippen LogP contribution in [0.1, 0.15) is 18.4 Å². The average molecular weight is 324 g/mol. The lowest BCUT2D eigenvalue weighted by Gasteiger charge is -2.20. The molecule has 0 radical (unpaired) electrons. The Bertz CT molecular complexity index is 432. The van der Waals surface area contributed by atoms with Crippen LogP contribution in [-0.2, 0) is 6.18 Å². The van der Waals surface area contributed by atoms with Gasteiger partial charge in [-0.05, 0) is 40.8 Å². The molecule has 1 saturated carbocycles. The normalized spacial score (nSPS) is 17.6. The molecule has 1 aliphatic rings. The SMILES string of the molecule is NCC(Nc1ncc(Br)cc1C(F)(F)F)C1CC1. The fraction of sp³-hybridized carbons (Fsp3) is 0.545. The molecule has 3 nitrogen and oxygen atoms in total. The van der Waals surface area contributed by atoms with Gasteiger partial charge in [-0.1, -0.05) is 0 Å². The standard InChI is InChI=1S/C11H13BrF3N3/c12-7-3-8(11(13,14)15)10(17-5-7)18-9(4-16)6-1-2-6/h3,5-6,9H,1-2,4,16H2,(H,17,18). The fourth-order valence-electron chi connectivity index (χ4n) is 1.81. The van der Waals surface area contributed by atoms with Crippen LogP contribution in [0.3, 0.4) is 0 Å². The third-order valence-corrected chi connectivity index (χ3v) is 3.36. The maximum atomic E-state index is 12.9. The number of nitrogens with zero attached hydrogens (tertiary/aromatic N) is 1. The summed E-state index contributed by atoms with van der Waals surface area (Å²) in [6.45, 7) is 0.305. The molecule has 1 heterocycles. The van der Waals surface area contributed by atoms with Crippen molar-refractivity contribution in [3.05, 3.63) is 22.3 Å². The van der Waals surface area contributed by atoms with Gasteiger partial charge in [0, 0.05) is 23.3 Å². The minimum Gasteiger partial charge on any atom is -0.365 e. The van der Waals surface area contributed by atoms with Crippen LogP contribution in [0.2, 0.25) is 0 Å². The van der Waals surface area contributed by atoms with Gasteiger partial charge in [0.2, 0.25) is 0 Å². The van der Waals surface area contributed by atoms with Crippen molar-refractivity contribution >= 4 is 21.7 Å². The first-order valence-electron chi connectivity index (χ1n) is 5.61. The van der Waals surface area contributed by atoms with E-state index in [1.165, 1.54) is 6.20 Å². The van der Waals surface area contributed by atoms with Crippen LogP contribution in [0.15, 0.2) is 16.7 Å². The van der Waals surface area contributed by atoms with Gasteiger partial charge in [-0.15, -0.1) is 0 Å². The van der Waals surface area contributed by atoms with Crippen LogP contribution in [0.4, 0.5) is 19.0 Å². The van der Waals surface area contributed by atoms with E-state index in [0.29, 0.717) is 16.9 Å². The smallest absolute Gasteiger partial charge is 0.365 e. The number of anilines is 1. The average Bonchev–Trinajstić information content (AvgIpc) is 3.10. The van der Waals surface area contributed by atoms with Crippen LogP contribution >= 0.6 is 15.9 Å². The minimum absolute atomic E-state index is 0.139. The molecule has 1 unspecified atom stereocenters. The first kappa shape index (κ1) is 13.6. The van der Waals surface area contributed by atoms with Crippen LogP contribution in [-0.4, -0.2) is 17.6 Å². The molecule has 100 valence electrons. The largest absolute Gasteiger partial charge is 0.419 e. The number of hydrogen-bond acceptors (Lipinski definition) is 3. The van der Waals surface area contributed by atoms with E-state index in [-0.39, 0.29) is 11.9 Å². The van der Waals surface area contributed by atoms with Gasteiger partial charge in [0.15, 0.2) is 0 Å². The minimum atomic E-state index is -4.43. The summed E-state index contributed by atoms with van der Waals surface area (Å²) < 4.78 is 38.9. The molecule has 1 aliphatic carbocycles. The first-order chi connectivity index (χ1) is 8.41. The zero-order chi connectivity index (χ0) is 13.3. The second-order valence-electron chi connectivity index (χ2n) is 4.37. The van der Waals surface area contributed by atoms with E-state index in [4.69, 9.17) is 5.73 Å². The van der Waals surface area contributed by atoms with Crippen molar-refractivity contribution in [1.82, 2.24) is 4.98 Å². The Hall–Kier alpha value is -0.820. The van der Waals surface area contributed by atoms with E-state index >= 15 is 0 Å². The molecule has 18 heavy (non-hydrogen) atoms. The molecule has 7 heteroatoms. The van der Waals surface area contributed by atoms with Crippen LogP contribution in [0, 0.1) is 5.92 Å². The lowest BCUT2D eigenvalue weighted by molar-refractivity contribution is -0.137. The predicted molar refractivity (Wildman–Crippen MR) is 66.1 cm³/mol. The van der Waals surface area contributed by atoms with Crippen molar-refractivity contribution in [2.24, 2.45) is 11.7 Å². The summed E-state index contributed by atoms with van der Waals surface area (Å²) in [5, 5.41) is 2.82. The molecule has 0 spiro atoms. The highest BCUT2D eigenvalue weighted by Crippen LogP contribution is 2.38. The Kier molecular flexibility index (Phi) is 3.82. The quantitative estimate of drug-likeness (QED) is 0.895. The number of pyridine rings is 1. The summed E-state index contributed by atoms with van der Waals surface area (Å²) >= 11 is 3.00. The highest BCUT2D eigenvalue weighted by Gasteiger charge is 2.37. The van der Waals surface area contributed by atoms with E-state index < -0.39 is 11.7 Å². The lowest BCUT2D eigenvalue weighted by Crippen LogP contribution is -2.32. The molecule has 1 fully saturated rings. The molecular formula is C11H13BrF3N3. The van der Waals surface area contributed by atoms with E-state index in [9.17, 15) is 13.2 Å². The van der Waals surface area contributed by atoms with Crippen molar-refractivity contribution in [2.45, 2.75) is 25.1 Å². The van der Waals surface area contributed by atoms with Gasteiger partial charge in [0.05, 0.1) is 5.56 Å². The summed E-state index contributed by atoms with van der Waals surface area (Å²) in [6, 6.07) is 0.885. The van der Waals surface area contributed by atoms with Crippen LogP contribution in [0.5, 0.6) is 0 Å². The number of rotatable bonds is 4. The molecule has 0 amide bonds. The third kappa shape index (κ3) is 3.14. The summed E-state index contributed by atoms with van der Waals surface area (Å²) in [4.78, 5) is 3.81. The number of halogens is 4. The van der Waals surface area contributed by atoms with Gasteiger partial charge < -0.3 is 11.1 Å². The molecule has 0 bridgehead atoms. The Morgan fingerprint density at radius 2 is 2.17 bits per heavy atom. The summed E-state index contributed by atoms with van der Waals surface area (Å²) in [5.41, 5.74) is 4.80. The summed E-state index contributed by atoms with van der Waals surface area (Å²) in [6.07, 6.45) is -1.07. The molecular weight excluding hydrogens is 311 g/mol. The van der Waals surface area contributed by atoms with Gasteiger partial charge in [-0.3, -0.25) is 0 Å². The molecule has 2 rings (SSSR count). The highest BCUT2D eigenvalue weighted by atomic mass is 79.9. The van der Waals surface area contributed by atoms with E-state index in [1.807, 2.05) is 0 Å². The van der Waals surface area contributed by atoms with Crippen molar-refractivity contribution in [2.75, 3.05) is 11.9 Å². The van der Waals surface area contributed by atoms with E-state index in [1.54, 1.807) is 0 Å². The second kappa shape index (κ2) is 5.05. The first-order valence-corrected chi connectivity index (χ1v) is 6.40. The molecule has 3 N–H and O–H groups in total. The van der Waals surface area contributed by atoms with Gasteiger partial charge in [-0.2, -0.15) is 13.2 Å². The lowest BCUT2D eigenvalue weighted by atomic mass is 10.1. The van der Waals surface area contributed by atoms with Crippen molar-refractivity contribution in [3.8, 4) is 0 Å². The van der Waals surface area contributed by atoms with Crippen molar-refractivity contribution in [3.63, 3.8) is 0 Å². The maximum Gasteiger partial charge on any atom is 0.419 e. The Balaban J connectivity index is 2.26. The Morgan fingerprint density at radius 1 is 1.50 bits per heavy atom. The Morgan fingerprint density at radius 3 is 2.67 bits per heavy atom.